The van der Waals surface area contributed by atoms with E-state index in [1.54, 1.807) is 37.3 Å². The minimum Gasteiger partial charge on any atom is -0.463 e. The zero-order valence-electron chi connectivity index (χ0n) is 12.8. The molecule has 0 spiro atoms. The van der Waals surface area contributed by atoms with E-state index in [4.69, 9.17) is 27.9 Å². The maximum absolute atomic E-state index is 12.5. The predicted octanol–water partition coefficient (Wildman–Crippen LogP) is 5.19. The van der Waals surface area contributed by atoms with Crippen molar-refractivity contribution < 1.29 is 17.9 Å². The van der Waals surface area contributed by atoms with Crippen LogP contribution in [0.5, 0.6) is 0 Å². The highest BCUT2D eigenvalue weighted by atomic mass is 79.9. The second kappa shape index (κ2) is 8.55. The van der Waals surface area contributed by atoms with Gasteiger partial charge in [-0.1, -0.05) is 35.3 Å². The van der Waals surface area contributed by atoms with E-state index >= 15 is 0 Å². The van der Waals surface area contributed by atoms with Crippen LogP contribution in [0.3, 0.4) is 0 Å². The summed E-state index contributed by atoms with van der Waals surface area (Å²) in [5.74, 6) is -0.443. The van der Waals surface area contributed by atoms with Crippen molar-refractivity contribution in [2.24, 2.45) is 0 Å². The van der Waals surface area contributed by atoms with Gasteiger partial charge < -0.3 is 4.74 Å². The summed E-state index contributed by atoms with van der Waals surface area (Å²) in [6, 6.07) is 6.45. The van der Waals surface area contributed by atoms with Gasteiger partial charge >= 0.3 is 5.97 Å². The van der Waals surface area contributed by atoms with Crippen molar-refractivity contribution in [1.29, 1.82) is 0 Å². The van der Waals surface area contributed by atoms with Crippen LogP contribution in [0.2, 0.25) is 8.67 Å². The molecule has 0 saturated heterocycles. The van der Waals surface area contributed by atoms with Crippen LogP contribution in [0, 0.1) is 0 Å². The number of esters is 1. The van der Waals surface area contributed by atoms with Crippen molar-refractivity contribution in [3.63, 3.8) is 0 Å². The van der Waals surface area contributed by atoms with E-state index in [0.29, 0.717) is 17.9 Å². The molecule has 2 aromatic rings. The summed E-state index contributed by atoms with van der Waals surface area (Å²) in [5.41, 5.74) is 1.06. The van der Waals surface area contributed by atoms with Crippen LogP contribution >= 0.6 is 50.5 Å². The van der Waals surface area contributed by atoms with Gasteiger partial charge in [-0.3, -0.25) is 4.72 Å². The summed E-state index contributed by atoms with van der Waals surface area (Å²) in [7, 11) is -3.89. The summed E-state index contributed by atoms with van der Waals surface area (Å²) in [4.78, 5) is 11.2. The lowest BCUT2D eigenvalue weighted by atomic mass is 10.2. The van der Waals surface area contributed by atoms with Crippen LogP contribution in [0.15, 0.2) is 39.7 Å². The van der Waals surface area contributed by atoms with Crippen molar-refractivity contribution in [2.75, 3.05) is 11.3 Å². The average Bonchev–Trinajstić information content (AvgIpc) is 2.80. The fourth-order valence-corrected chi connectivity index (χ4v) is 6.41. The Bertz CT molecular complexity index is 908. The molecule has 0 saturated carbocycles. The smallest absolute Gasteiger partial charge is 0.330 e. The molecule has 0 atom stereocenters. The number of rotatable bonds is 6. The fourth-order valence-electron chi connectivity index (χ4n) is 1.79. The lowest BCUT2D eigenvalue weighted by molar-refractivity contribution is -0.137. The Morgan fingerprint density at radius 2 is 1.92 bits per heavy atom. The number of sulfonamides is 1. The average molecular weight is 485 g/mol. The van der Waals surface area contributed by atoms with Crippen LogP contribution in [0.1, 0.15) is 12.5 Å². The van der Waals surface area contributed by atoms with Crippen molar-refractivity contribution in [3.05, 3.63) is 49.1 Å². The third kappa shape index (κ3) is 5.21. The number of carbonyl (C=O) groups excluding carboxylic acids is 1. The van der Waals surface area contributed by atoms with E-state index in [0.717, 1.165) is 11.3 Å². The van der Waals surface area contributed by atoms with Gasteiger partial charge in [0.1, 0.15) is 13.6 Å². The molecule has 134 valence electrons. The normalized spacial score (nSPS) is 11.7. The van der Waals surface area contributed by atoms with E-state index in [-0.39, 0.29) is 18.0 Å². The molecule has 0 aliphatic carbocycles. The van der Waals surface area contributed by atoms with Crippen molar-refractivity contribution >= 4 is 78.2 Å². The highest BCUT2D eigenvalue weighted by molar-refractivity contribution is 9.10. The van der Waals surface area contributed by atoms with Gasteiger partial charge in [-0.25, -0.2) is 13.2 Å². The third-order valence-electron chi connectivity index (χ3n) is 2.86. The topological polar surface area (TPSA) is 72.5 Å². The summed E-state index contributed by atoms with van der Waals surface area (Å²) in [6.07, 6.45) is 2.87. The molecule has 0 aliphatic rings. The lowest BCUT2D eigenvalue weighted by Crippen LogP contribution is -2.13. The molecule has 1 aromatic heterocycles. The van der Waals surface area contributed by atoms with E-state index in [2.05, 4.69) is 20.7 Å². The van der Waals surface area contributed by atoms with Crippen LogP contribution in [0.4, 0.5) is 5.69 Å². The Hall–Kier alpha value is -1.06. The highest BCUT2D eigenvalue weighted by Crippen LogP contribution is 2.43. The molecular weight excluding hydrogens is 473 g/mol. The largest absolute Gasteiger partial charge is 0.463 e. The summed E-state index contributed by atoms with van der Waals surface area (Å²) < 4.78 is 32.7. The minimum atomic E-state index is -3.89. The Morgan fingerprint density at radius 3 is 2.44 bits per heavy atom. The number of nitrogens with one attached hydrogen (secondary N) is 1. The van der Waals surface area contributed by atoms with Crippen LogP contribution < -0.4 is 4.72 Å². The van der Waals surface area contributed by atoms with Crippen LogP contribution in [0.25, 0.3) is 6.08 Å². The van der Waals surface area contributed by atoms with Gasteiger partial charge in [0.2, 0.25) is 0 Å². The third-order valence-corrected chi connectivity index (χ3v) is 7.70. The first-order valence-electron chi connectivity index (χ1n) is 6.85. The number of carbonyl (C=O) groups is 1. The number of ether oxygens (including phenoxy) is 1. The minimum absolute atomic E-state index is 0.0679. The summed E-state index contributed by atoms with van der Waals surface area (Å²) >= 11 is 15.9. The number of hydrogen-bond donors (Lipinski definition) is 1. The first-order valence-corrected chi connectivity index (χ1v) is 10.7. The van der Waals surface area contributed by atoms with Crippen molar-refractivity contribution in [2.45, 2.75) is 11.8 Å². The molecular formula is C15H12BrCl2NO4S2. The summed E-state index contributed by atoms with van der Waals surface area (Å²) in [5, 5.41) is 0. The number of thiophene rings is 1. The van der Waals surface area contributed by atoms with Gasteiger partial charge in [0.05, 0.1) is 11.1 Å². The summed E-state index contributed by atoms with van der Waals surface area (Å²) in [6.45, 7) is 2.02. The molecule has 25 heavy (non-hydrogen) atoms. The number of anilines is 1. The SMILES string of the molecule is CCOC(=O)C=Cc1ccc(NS(=O)(=O)c2c(Cl)sc(Cl)c2Br)cc1. The number of benzene rings is 1. The van der Waals surface area contributed by atoms with E-state index in [1.807, 2.05) is 0 Å². The second-order valence-electron chi connectivity index (χ2n) is 4.61. The molecule has 2 rings (SSSR count). The number of halogens is 3. The van der Waals surface area contributed by atoms with Gasteiger partial charge in [0.15, 0.2) is 0 Å². The Balaban J connectivity index is 2.17. The van der Waals surface area contributed by atoms with Gasteiger partial charge in [0.25, 0.3) is 10.0 Å². The van der Waals surface area contributed by atoms with Crippen LogP contribution in [-0.4, -0.2) is 21.0 Å². The van der Waals surface area contributed by atoms with Crippen LogP contribution in [-0.2, 0) is 19.6 Å². The molecule has 1 heterocycles. The zero-order chi connectivity index (χ0) is 18.6. The molecule has 5 nitrogen and oxygen atoms in total. The standard InChI is InChI=1S/C15H12BrCl2NO4S2/c1-2-23-11(20)8-5-9-3-6-10(7-4-9)19-25(21,22)13-12(16)14(17)24-15(13)18/h3-8,19H,2H2,1H3. The van der Waals surface area contributed by atoms with E-state index < -0.39 is 16.0 Å². The first kappa shape index (κ1) is 20.3. The predicted molar refractivity (Wildman–Crippen MR) is 105 cm³/mol. The van der Waals surface area contributed by atoms with Gasteiger partial charge in [-0.2, -0.15) is 0 Å². The monoisotopic (exact) mass is 483 g/mol. The van der Waals surface area contributed by atoms with Crippen molar-refractivity contribution in [1.82, 2.24) is 0 Å². The molecule has 1 N–H and O–H groups in total. The van der Waals surface area contributed by atoms with E-state index in [9.17, 15) is 13.2 Å². The lowest BCUT2D eigenvalue weighted by Gasteiger charge is -2.08. The van der Waals surface area contributed by atoms with Crippen molar-refractivity contribution in [3.8, 4) is 0 Å². The quantitative estimate of drug-likeness (QED) is 0.452. The first-order chi connectivity index (χ1) is 11.7. The Labute approximate surface area is 167 Å². The molecule has 0 amide bonds. The molecule has 10 heteroatoms. The second-order valence-corrected chi connectivity index (χ2v) is 9.24. The zero-order valence-corrected chi connectivity index (χ0v) is 17.5. The van der Waals surface area contributed by atoms with E-state index in [1.165, 1.54) is 6.08 Å². The number of hydrogen-bond acceptors (Lipinski definition) is 5. The molecule has 0 aliphatic heterocycles. The van der Waals surface area contributed by atoms with Gasteiger partial charge in [-0.15, -0.1) is 11.3 Å². The van der Waals surface area contributed by atoms with Gasteiger partial charge in [0, 0.05) is 11.8 Å². The maximum Gasteiger partial charge on any atom is 0.330 e. The maximum atomic E-state index is 12.5. The Kier molecular flexibility index (Phi) is 6.93. The fraction of sp³-hybridized carbons (Fsp3) is 0.133. The van der Waals surface area contributed by atoms with Gasteiger partial charge in [-0.05, 0) is 46.6 Å². The highest BCUT2D eigenvalue weighted by Gasteiger charge is 2.26. The molecule has 1 aromatic carbocycles. The molecule has 0 fully saturated rings. The molecule has 0 radical (unpaired) electrons. The Morgan fingerprint density at radius 1 is 1.28 bits per heavy atom. The molecule has 0 unspecified atom stereocenters. The molecule has 0 bridgehead atoms.